The average molecular weight is 444 g/mol. The van der Waals surface area contributed by atoms with Crippen molar-refractivity contribution < 1.29 is 17.9 Å². The Morgan fingerprint density at radius 1 is 1.10 bits per heavy atom. The number of sulfonamides is 1. The smallest absolute Gasteiger partial charge is 0.267 e. The number of carbonyl (C=O) groups excluding carboxylic acids is 1. The van der Waals surface area contributed by atoms with Gasteiger partial charge in [0.1, 0.15) is 11.4 Å². The number of carbonyl (C=O) groups is 1. The number of hydrogen-bond acceptors (Lipinski definition) is 4. The molecule has 0 saturated carbocycles. The Bertz CT molecular complexity index is 1180. The molecule has 0 radical (unpaired) electrons. The summed E-state index contributed by atoms with van der Waals surface area (Å²) in [5.41, 5.74) is 2.36. The maximum atomic E-state index is 12.8. The molecule has 1 aromatic heterocycles. The quantitative estimate of drug-likeness (QED) is 0.551. The molecule has 0 aliphatic carbocycles. The third-order valence-corrected chi connectivity index (χ3v) is 7.47. The SMILES string of the molecule is CCN(CC)S(=O)(=O)c1ccc2c(c1)cc(C(=O)NCCc1cccc(OC)c1)n2C. The third-order valence-electron chi connectivity index (χ3n) is 5.42. The van der Waals surface area contributed by atoms with Crippen LogP contribution in [0.3, 0.4) is 0 Å². The van der Waals surface area contributed by atoms with Gasteiger partial charge in [0.15, 0.2) is 0 Å². The summed E-state index contributed by atoms with van der Waals surface area (Å²) in [6.07, 6.45) is 0.680. The lowest BCUT2D eigenvalue weighted by molar-refractivity contribution is 0.0946. The van der Waals surface area contributed by atoms with Gasteiger partial charge in [-0.25, -0.2) is 8.42 Å². The molecule has 2 aromatic carbocycles. The van der Waals surface area contributed by atoms with Crippen molar-refractivity contribution in [3.05, 3.63) is 59.8 Å². The van der Waals surface area contributed by atoms with Crippen molar-refractivity contribution in [2.45, 2.75) is 25.2 Å². The Kier molecular flexibility index (Phi) is 7.02. The van der Waals surface area contributed by atoms with Gasteiger partial charge >= 0.3 is 0 Å². The molecule has 0 atom stereocenters. The van der Waals surface area contributed by atoms with Gasteiger partial charge in [-0.3, -0.25) is 4.79 Å². The van der Waals surface area contributed by atoms with E-state index in [1.807, 2.05) is 38.1 Å². The summed E-state index contributed by atoms with van der Waals surface area (Å²) < 4.78 is 34.1. The van der Waals surface area contributed by atoms with Crippen LogP contribution in [-0.2, 0) is 23.5 Å². The average Bonchev–Trinajstić information content (AvgIpc) is 3.10. The van der Waals surface area contributed by atoms with Crippen LogP contribution < -0.4 is 10.1 Å². The number of benzene rings is 2. The first kappa shape index (κ1) is 22.8. The topological polar surface area (TPSA) is 80.6 Å². The summed E-state index contributed by atoms with van der Waals surface area (Å²) in [5.74, 6) is 0.586. The van der Waals surface area contributed by atoms with Gasteiger partial charge in [0.05, 0.1) is 12.0 Å². The third kappa shape index (κ3) is 4.75. The molecule has 0 bridgehead atoms. The predicted molar refractivity (Wildman–Crippen MR) is 122 cm³/mol. The van der Waals surface area contributed by atoms with Crippen LogP contribution in [-0.4, -0.2) is 49.9 Å². The van der Waals surface area contributed by atoms with Gasteiger partial charge in [0.2, 0.25) is 10.0 Å². The van der Waals surface area contributed by atoms with Crippen LogP contribution >= 0.6 is 0 Å². The van der Waals surface area contributed by atoms with Crippen molar-refractivity contribution in [3.63, 3.8) is 0 Å². The number of aromatic nitrogens is 1. The van der Waals surface area contributed by atoms with Crippen molar-refractivity contribution in [3.8, 4) is 5.75 Å². The second kappa shape index (κ2) is 9.53. The van der Waals surface area contributed by atoms with E-state index in [9.17, 15) is 13.2 Å². The molecule has 1 N–H and O–H groups in total. The Morgan fingerprint density at radius 2 is 1.84 bits per heavy atom. The van der Waals surface area contributed by atoms with Gasteiger partial charge < -0.3 is 14.6 Å². The molecule has 0 aliphatic rings. The summed E-state index contributed by atoms with van der Waals surface area (Å²) in [6.45, 7) is 4.93. The van der Waals surface area contributed by atoms with Gasteiger partial charge in [-0.2, -0.15) is 4.31 Å². The van der Waals surface area contributed by atoms with Gasteiger partial charge in [-0.15, -0.1) is 0 Å². The van der Waals surface area contributed by atoms with E-state index in [0.717, 1.165) is 16.8 Å². The maximum absolute atomic E-state index is 12.8. The van der Waals surface area contributed by atoms with Gasteiger partial charge in [-0.1, -0.05) is 26.0 Å². The number of amides is 1. The van der Waals surface area contributed by atoms with Crippen LogP contribution in [0.25, 0.3) is 10.9 Å². The number of fused-ring (bicyclic) bond motifs is 1. The number of hydrogen-bond donors (Lipinski definition) is 1. The zero-order valence-electron chi connectivity index (χ0n) is 18.4. The minimum Gasteiger partial charge on any atom is -0.497 e. The van der Waals surface area contributed by atoms with E-state index in [4.69, 9.17) is 4.74 Å². The zero-order chi connectivity index (χ0) is 22.6. The molecule has 0 spiro atoms. The van der Waals surface area contributed by atoms with E-state index in [2.05, 4.69) is 5.32 Å². The van der Waals surface area contributed by atoms with Crippen LogP contribution in [0.1, 0.15) is 29.9 Å². The lowest BCUT2D eigenvalue weighted by atomic mass is 10.1. The molecule has 7 nitrogen and oxygen atoms in total. The van der Waals surface area contributed by atoms with Crippen molar-refractivity contribution in [1.82, 2.24) is 14.2 Å². The summed E-state index contributed by atoms with van der Waals surface area (Å²) in [7, 11) is -0.126. The molecule has 31 heavy (non-hydrogen) atoms. The van der Waals surface area contributed by atoms with Crippen LogP contribution in [0, 0.1) is 0 Å². The number of methoxy groups -OCH3 is 1. The molecule has 3 rings (SSSR count). The summed E-state index contributed by atoms with van der Waals surface area (Å²) in [6, 6.07) is 14.5. The second-order valence-electron chi connectivity index (χ2n) is 7.26. The lowest BCUT2D eigenvalue weighted by Crippen LogP contribution is -2.30. The maximum Gasteiger partial charge on any atom is 0.267 e. The minimum absolute atomic E-state index is 0.199. The molecule has 0 fully saturated rings. The fourth-order valence-electron chi connectivity index (χ4n) is 3.66. The van der Waals surface area contributed by atoms with Gasteiger partial charge in [0, 0.05) is 37.6 Å². The number of ether oxygens (including phenoxy) is 1. The van der Waals surface area contributed by atoms with Crippen molar-refractivity contribution >= 4 is 26.8 Å². The van der Waals surface area contributed by atoms with Crippen LogP contribution in [0.2, 0.25) is 0 Å². The molecule has 166 valence electrons. The highest BCUT2D eigenvalue weighted by Crippen LogP contribution is 2.24. The minimum atomic E-state index is -3.55. The fourth-order valence-corrected chi connectivity index (χ4v) is 5.15. The first-order valence-corrected chi connectivity index (χ1v) is 11.8. The molecular weight excluding hydrogens is 414 g/mol. The van der Waals surface area contributed by atoms with Crippen molar-refractivity contribution in [2.24, 2.45) is 7.05 Å². The highest BCUT2D eigenvalue weighted by atomic mass is 32.2. The Morgan fingerprint density at radius 3 is 2.52 bits per heavy atom. The largest absolute Gasteiger partial charge is 0.497 e. The normalized spacial score (nSPS) is 11.8. The van der Waals surface area contributed by atoms with Gasteiger partial charge in [0.25, 0.3) is 5.91 Å². The molecule has 0 saturated heterocycles. The van der Waals surface area contributed by atoms with Gasteiger partial charge in [-0.05, 0) is 48.4 Å². The van der Waals surface area contributed by atoms with Crippen LogP contribution in [0.15, 0.2) is 53.4 Å². The summed E-state index contributed by atoms with van der Waals surface area (Å²) in [4.78, 5) is 13.0. The van der Waals surface area contributed by atoms with E-state index in [0.29, 0.717) is 37.1 Å². The Labute approximate surface area is 183 Å². The molecule has 3 aromatic rings. The van der Waals surface area contributed by atoms with Crippen molar-refractivity contribution in [2.75, 3.05) is 26.7 Å². The highest BCUT2D eigenvalue weighted by molar-refractivity contribution is 7.89. The second-order valence-corrected chi connectivity index (χ2v) is 9.19. The molecule has 1 amide bonds. The first-order chi connectivity index (χ1) is 14.8. The fraction of sp³-hybridized carbons (Fsp3) is 0.348. The van der Waals surface area contributed by atoms with E-state index >= 15 is 0 Å². The van der Waals surface area contributed by atoms with E-state index in [1.54, 1.807) is 43.0 Å². The number of aryl methyl sites for hydroxylation is 1. The molecular formula is C23H29N3O4S. The monoisotopic (exact) mass is 443 g/mol. The molecule has 0 unspecified atom stereocenters. The number of rotatable bonds is 9. The molecule has 0 aliphatic heterocycles. The lowest BCUT2D eigenvalue weighted by Gasteiger charge is -2.18. The molecule has 1 heterocycles. The first-order valence-electron chi connectivity index (χ1n) is 10.3. The summed E-state index contributed by atoms with van der Waals surface area (Å²) in [5, 5.41) is 3.66. The van der Waals surface area contributed by atoms with E-state index in [1.165, 1.54) is 4.31 Å². The predicted octanol–water partition coefficient (Wildman–Crippen LogP) is 3.19. The number of nitrogens with zero attached hydrogens (tertiary/aromatic N) is 2. The molecule has 8 heteroatoms. The Balaban J connectivity index is 1.77. The van der Waals surface area contributed by atoms with Crippen molar-refractivity contribution in [1.29, 1.82) is 0 Å². The number of nitrogens with one attached hydrogen (secondary N) is 1. The highest BCUT2D eigenvalue weighted by Gasteiger charge is 2.23. The Hall–Kier alpha value is -2.84. The van der Waals surface area contributed by atoms with E-state index < -0.39 is 10.0 Å². The van der Waals surface area contributed by atoms with Crippen LogP contribution in [0.4, 0.5) is 0 Å². The standard InChI is InChI=1S/C23H29N3O4S/c1-5-26(6-2)31(28,29)20-10-11-21-18(15-20)16-22(25(21)3)23(27)24-13-12-17-8-7-9-19(14-17)30-4/h7-11,14-16H,5-6,12-13H2,1-4H3,(H,24,27). The zero-order valence-corrected chi connectivity index (χ0v) is 19.2. The van der Waals surface area contributed by atoms with Crippen LogP contribution in [0.5, 0.6) is 5.75 Å². The van der Waals surface area contributed by atoms with E-state index in [-0.39, 0.29) is 10.8 Å². The summed E-state index contributed by atoms with van der Waals surface area (Å²) >= 11 is 0.